The van der Waals surface area contributed by atoms with Gasteiger partial charge in [0.1, 0.15) is 10.6 Å². The molecule has 0 spiro atoms. The Morgan fingerprint density at radius 1 is 1.16 bits per heavy atom. The number of amides is 2. The zero-order valence-electron chi connectivity index (χ0n) is 21.7. The fourth-order valence-electron chi connectivity index (χ4n) is 3.98. The summed E-state index contributed by atoms with van der Waals surface area (Å²) in [5.41, 5.74) is 3.37. The molecule has 9 nitrogen and oxygen atoms in total. The first-order chi connectivity index (χ1) is 18.1. The Morgan fingerprint density at radius 3 is 2.61 bits per heavy atom. The normalized spacial score (nSPS) is 11.8. The van der Waals surface area contributed by atoms with Crippen molar-refractivity contribution in [2.45, 2.75) is 44.5 Å². The second-order valence-corrected chi connectivity index (χ2v) is 11.0. The number of hydrogen-bond donors (Lipinski definition) is 3. The summed E-state index contributed by atoms with van der Waals surface area (Å²) < 4.78 is 6.16. The van der Waals surface area contributed by atoms with Crippen molar-refractivity contribution in [3.8, 4) is 5.75 Å². The van der Waals surface area contributed by atoms with Crippen LogP contribution in [0.3, 0.4) is 0 Å². The number of thioether (sulfide) groups is 1. The van der Waals surface area contributed by atoms with Gasteiger partial charge in [0.2, 0.25) is 5.91 Å². The summed E-state index contributed by atoms with van der Waals surface area (Å²) in [4.78, 5) is 44.7. The molecule has 4 rings (SSSR count). The van der Waals surface area contributed by atoms with E-state index in [0.717, 1.165) is 38.9 Å². The third-order valence-electron chi connectivity index (χ3n) is 6.05. The third-order valence-corrected chi connectivity index (χ3v) is 8.56. The Hall–Kier alpha value is -3.83. The molecule has 0 bridgehead atoms. The van der Waals surface area contributed by atoms with Crippen LogP contribution in [0, 0.1) is 20.8 Å². The van der Waals surface area contributed by atoms with E-state index in [4.69, 9.17) is 10.6 Å². The lowest BCUT2D eigenvalue weighted by molar-refractivity contribution is -0.115. The highest BCUT2D eigenvalue weighted by Gasteiger charge is 2.25. The Kier molecular flexibility index (Phi) is 8.08. The lowest BCUT2D eigenvalue weighted by Gasteiger charge is -2.16. The molecule has 0 aliphatic heterocycles. The van der Waals surface area contributed by atoms with Gasteiger partial charge >= 0.3 is 0 Å². The van der Waals surface area contributed by atoms with Crippen molar-refractivity contribution < 1.29 is 14.3 Å². The summed E-state index contributed by atoms with van der Waals surface area (Å²) in [5.74, 6) is 6.18. The molecule has 4 aromatic rings. The van der Waals surface area contributed by atoms with Crippen molar-refractivity contribution in [3.63, 3.8) is 0 Å². The number of nitrogens with one attached hydrogen (secondary N) is 2. The summed E-state index contributed by atoms with van der Waals surface area (Å²) in [7, 11) is 1.55. The van der Waals surface area contributed by atoms with Crippen LogP contribution in [-0.4, -0.2) is 33.8 Å². The number of anilines is 2. The van der Waals surface area contributed by atoms with Gasteiger partial charge in [0.25, 0.3) is 11.5 Å². The molecule has 2 amide bonds. The molecule has 2 aromatic carbocycles. The predicted molar refractivity (Wildman–Crippen MR) is 154 cm³/mol. The Bertz CT molecular complexity index is 1590. The first-order valence-electron chi connectivity index (χ1n) is 11.9. The number of methoxy groups -OCH3 is 1. The van der Waals surface area contributed by atoms with Crippen molar-refractivity contribution in [2.24, 2.45) is 0 Å². The van der Waals surface area contributed by atoms with Crippen molar-refractivity contribution in [3.05, 3.63) is 74.4 Å². The molecule has 0 fully saturated rings. The van der Waals surface area contributed by atoms with E-state index in [1.165, 1.54) is 0 Å². The number of benzene rings is 2. The maximum absolute atomic E-state index is 13.2. The van der Waals surface area contributed by atoms with Gasteiger partial charge in [-0.3, -0.25) is 14.4 Å². The van der Waals surface area contributed by atoms with E-state index in [1.807, 2.05) is 39.0 Å². The molecule has 11 heteroatoms. The molecular weight excluding hydrogens is 522 g/mol. The number of aryl methyl sites for hydroxylation is 3. The molecule has 2 heterocycles. The molecule has 0 aliphatic carbocycles. The van der Waals surface area contributed by atoms with Gasteiger partial charge in [0.05, 0.1) is 22.6 Å². The van der Waals surface area contributed by atoms with E-state index in [9.17, 15) is 14.4 Å². The number of carbonyl (C=O) groups is 2. The average molecular weight is 552 g/mol. The predicted octanol–water partition coefficient (Wildman–Crippen LogP) is 4.87. The van der Waals surface area contributed by atoms with Crippen LogP contribution >= 0.6 is 23.1 Å². The van der Waals surface area contributed by atoms with E-state index in [1.54, 1.807) is 38.3 Å². The molecule has 0 unspecified atom stereocenters. The third kappa shape index (κ3) is 5.53. The highest BCUT2D eigenvalue weighted by molar-refractivity contribution is 8.00. The molecule has 38 heavy (non-hydrogen) atoms. The van der Waals surface area contributed by atoms with Crippen LogP contribution in [0.15, 0.2) is 52.4 Å². The van der Waals surface area contributed by atoms with E-state index in [0.29, 0.717) is 44.2 Å². The van der Waals surface area contributed by atoms with Gasteiger partial charge in [-0.15, -0.1) is 11.3 Å². The molecule has 0 radical (unpaired) electrons. The Balaban J connectivity index is 1.61. The summed E-state index contributed by atoms with van der Waals surface area (Å²) >= 11 is 2.23. The number of carbonyl (C=O) groups excluding carboxylic acids is 2. The number of nitrogens with zero attached hydrogens (tertiary/aromatic N) is 2. The van der Waals surface area contributed by atoms with Crippen molar-refractivity contribution in [1.82, 2.24) is 9.66 Å². The fourth-order valence-corrected chi connectivity index (χ4v) is 6.03. The zero-order valence-corrected chi connectivity index (χ0v) is 23.4. The smallest absolute Gasteiger partial charge is 0.281 e. The monoisotopic (exact) mass is 551 g/mol. The lowest BCUT2D eigenvalue weighted by Crippen LogP contribution is -2.32. The van der Waals surface area contributed by atoms with E-state index in [2.05, 4.69) is 15.6 Å². The molecule has 198 valence electrons. The molecule has 2 aromatic heterocycles. The number of hydrogen-bond acceptors (Lipinski definition) is 8. The highest BCUT2D eigenvalue weighted by Crippen LogP contribution is 2.32. The summed E-state index contributed by atoms with van der Waals surface area (Å²) in [6.07, 6.45) is 0.474. The SMILES string of the molecule is CC[C@H](Sc1nc2sc(C(=O)Nc3ccc(C)cc3C)c(C)c2c(=O)n1N)C(=O)Nc1cccc(OC)c1. The van der Waals surface area contributed by atoms with Gasteiger partial charge in [-0.2, -0.15) is 0 Å². The van der Waals surface area contributed by atoms with E-state index in [-0.39, 0.29) is 17.0 Å². The van der Waals surface area contributed by atoms with Gasteiger partial charge in [-0.05, 0) is 56.5 Å². The molecule has 0 saturated heterocycles. The van der Waals surface area contributed by atoms with Crippen LogP contribution < -0.4 is 26.8 Å². The van der Waals surface area contributed by atoms with Gasteiger partial charge in [-0.1, -0.05) is 42.4 Å². The number of rotatable bonds is 8. The zero-order chi connectivity index (χ0) is 27.6. The van der Waals surface area contributed by atoms with Crippen LogP contribution in [0.1, 0.15) is 39.7 Å². The lowest BCUT2D eigenvalue weighted by atomic mass is 10.1. The molecule has 1 atom stereocenters. The second-order valence-electron chi connectivity index (χ2n) is 8.81. The van der Waals surface area contributed by atoms with Crippen LogP contribution in [0.25, 0.3) is 10.2 Å². The van der Waals surface area contributed by atoms with E-state index >= 15 is 0 Å². The first-order valence-corrected chi connectivity index (χ1v) is 13.6. The van der Waals surface area contributed by atoms with E-state index < -0.39 is 10.8 Å². The van der Waals surface area contributed by atoms with Gasteiger partial charge in [0, 0.05) is 17.4 Å². The molecule has 4 N–H and O–H groups in total. The number of aromatic nitrogens is 2. The molecule has 0 saturated carbocycles. The average Bonchev–Trinajstić information content (AvgIpc) is 3.23. The number of nitrogens with two attached hydrogens (primary N) is 1. The minimum Gasteiger partial charge on any atom is -0.497 e. The number of ether oxygens (including phenoxy) is 1. The Labute approximate surface area is 228 Å². The van der Waals surface area contributed by atoms with Crippen LogP contribution in [0.4, 0.5) is 11.4 Å². The second kappa shape index (κ2) is 11.3. The van der Waals surface area contributed by atoms with Crippen LogP contribution in [0.2, 0.25) is 0 Å². The minimum atomic E-state index is -0.561. The van der Waals surface area contributed by atoms with Crippen molar-refractivity contribution in [2.75, 3.05) is 23.6 Å². The van der Waals surface area contributed by atoms with Crippen molar-refractivity contribution in [1.29, 1.82) is 0 Å². The quantitative estimate of drug-likeness (QED) is 0.162. The largest absolute Gasteiger partial charge is 0.497 e. The number of nitrogen functional groups attached to an aromatic ring is 1. The highest BCUT2D eigenvalue weighted by atomic mass is 32.2. The summed E-state index contributed by atoms with van der Waals surface area (Å²) in [6.45, 7) is 7.49. The molecule has 0 aliphatic rings. The van der Waals surface area contributed by atoms with Gasteiger partial charge in [0.15, 0.2) is 5.16 Å². The Morgan fingerprint density at radius 2 is 1.92 bits per heavy atom. The standard InChI is InChI=1S/C27H29N5O4S2/c1-6-20(23(33)29-17-8-7-9-18(13-17)36-5)37-27-31-25-21(26(35)32(27)28)16(4)22(38-25)24(34)30-19-11-10-14(2)12-15(19)3/h7-13,20H,6,28H2,1-5H3,(H,29,33)(H,30,34)/t20-/m0/s1. The molecular formula is C27H29N5O4S2. The first kappa shape index (κ1) is 27.2. The van der Waals surface area contributed by atoms with Gasteiger partial charge in [-0.25, -0.2) is 9.66 Å². The van der Waals surface area contributed by atoms with Crippen LogP contribution in [-0.2, 0) is 4.79 Å². The summed E-state index contributed by atoms with van der Waals surface area (Å²) in [5, 5.41) is 5.72. The topological polar surface area (TPSA) is 128 Å². The maximum atomic E-state index is 13.2. The number of fused-ring (bicyclic) bond motifs is 1. The maximum Gasteiger partial charge on any atom is 0.281 e. The van der Waals surface area contributed by atoms with Crippen molar-refractivity contribution >= 4 is 56.5 Å². The summed E-state index contributed by atoms with van der Waals surface area (Å²) in [6, 6.07) is 12.8. The number of thiophene rings is 1. The van der Waals surface area contributed by atoms with Gasteiger partial charge < -0.3 is 21.2 Å². The fraction of sp³-hybridized carbons (Fsp3) is 0.259. The minimum absolute atomic E-state index is 0.192. The van der Waals surface area contributed by atoms with Crippen LogP contribution in [0.5, 0.6) is 5.75 Å².